The molecule has 0 aliphatic heterocycles. The van der Waals surface area contributed by atoms with Gasteiger partial charge in [0.25, 0.3) is 5.92 Å². The van der Waals surface area contributed by atoms with Crippen LogP contribution in [0.2, 0.25) is 0 Å². The normalized spacial score (nSPS) is 33.5. The Bertz CT molecular complexity index is 187. The highest BCUT2D eigenvalue weighted by Crippen LogP contribution is 2.68. The van der Waals surface area contributed by atoms with Crippen molar-refractivity contribution in [3.8, 4) is 0 Å². The predicted octanol–water partition coefficient (Wildman–Crippen LogP) is 4.10. The molecule has 0 aromatic carbocycles. The maximum absolute atomic E-state index is 13.2. The number of halogens is 2. The van der Waals surface area contributed by atoms with Gasteiger partial charge >= 0.3 is 0 Å². The first-order valence-corrected chi connectivity index (χ1v) is 5.23. The molecule has 1 saturated carbocycles. The fourth-order valence-corrected chi connectivity index (χ4v) is 2.43. The molecule has 0 aromatic heterocycles. The van der Waals surface area contributed by atoms with Gasteiger partial charge in [-0.15, -0.1) is 0 Å². The SMILES string of the molecule is CCC(C)C1(CC(C)C)CC1(F)F. The summed E-state index contributed by atoms with van der Waals surface area (Å²) in [6, 6.07) is 0. The van der Waals surface area contributed by atoms with Crippen LogP contribution in [0.25, 0.3) is 0 Å². The minimum absolute atomic E-state index is 0.118. The van der Waals surface area contributed by atoms with Crippen LogP contribution in [-0.2, 0) is 0 Å². The molecule has 13 heavy (non-hydrogen) atoms. The van der Waals surface area contributed by atoms with Crippen molar-refractivity contribution in [1.82, 2.24) is 0 Å². The van der Waals surface area contributed by atoms with Gasteiger partial charge in [0.2, 0.25) is 0 Å². The summed E-state index contributed by atoms with van der Waals surface area (Å²) in [4.78, 5) is 0. The van der Waals surface area contributed by atoms with Crippen LogP contribution in [0.1, 0.15) is 47.0 Å². The summed E-state index contributed by atoms with van der Waals surface area (Å²) >= 11 is 0. The molecule has 2 atom stereocenters. The summed E-state index contributed by atoms with van der Waals surface area (Å²) in [5.41, 5.74) is -0.657. The van der Waals surface area contributed by atoms with E-state index in [0.717, 1.165) is 6.42 Å². The summed E-state index contributed by atoms with van der Waals surface area (Å²) in [7, 11) is 0. The van der Waals surface area contributed by atoms with E-state index in [1.807, 2.05) is 27.7 Å². The summed E-state index contributed by atoms with van der Waals surface area (Å²) in [6.45, 7) is 8.02. The second kappa shape index (κ2) is 3.21. The van der Waals surface area contributed by atoms with Crippen molar-refractivity contribution in [1.29, 1.82) is 0 Å². The van der Waals surface area contributed by atoms with Gasteiger partial charge in [-0.1, -0.05) is 34.1 Å². The Kier molecular flexibility index (Phi) is 2.70. The van der Waals surface area contributed by atoms with Crippen LogP contribution >= 0.6 is 0 Å². The standard InChI is InChI=1S/C11H20F2/c1-5-9(4)10(6-8(2)3)7-11(10,12)13/h8-9H,5-7H2,1-4H3. The van der Waals surface area contributed by atoms with Crippen molar-refractivity contribution >= 4 is 0 Å². The molecular formula is C11H20F2. The molecule has 1 fully saturated rings. The third kappa shape index (κ3) is 1.72. The van der Waals surface area contributed by atoms with E-state index in [1.165, 1.54) is 0 Å². The van der Waals surface area contributed by atoms with E-state index in [4.69, 9.17) is 0 Å². The van der Waals surface area contributed by atoms with Crippen LogP contribution in [0.4, 0.5) is 8.78 Å². The Labute approximate surface area is 79.7 Å². The number of hydrogen-bond donors (Lipinski definition) is 0. The van der Waals surface area contributed by atoms with E-state index in [-0.39, 0.29) is 12.3 Å². The molecule has 2 heteroatoms. The van der Waals surface area contributed by atoms with E-state index in [0.29, 0.717) is 12.3 Å². The van der Waals surface area contributed by atoms with E-state index in [1.54, 1.807) is 0 Å². The fourth-order valence-electron chi connectivity index (χ4n) is 2.43. The number of alkyl halides is 2. The van der Waals surface area contributed by atoms with Crippen molar-refractivity contribution in [3.05, 3.63) is 0 Å². The Hall–Kier alpha value is -0.140. The van der Waals surface area contributed by atoms with Crippen molar-refractivity contribution < 1.29 is 8.78 Å². The van der Waals surface area contributed by atoms with Gasteiger partial charge in [-0.2, -0.15) is 0 Å². The molecular weight excluding hydrogens is 170 g/mol. The minimum Gasteiger partial charge on any atom is -0.206 e. The molecule has 1 rings (SSSR count). The van der Waals surface area contributed by atoms with Gasteiger partial charge in [0.1, 0.15) is 0 Å². The summed E-state index contributed by atoms with van der Waals surface area (Å²) in [5, 5.41) is 0. The Balaban J connectivity index is 2.69. The highest BCUT2D eigenvalue weighted by molar-refractivity contribution is 5.12. The van der Waals surface area contributed by atoms with Gasteiger partial charge in [-0.3, -0.25) is 0 Å². The van der Waals surface area contributed by atoms with E-state index in [9.17, 15) is 8.78 Å². The lowest BCUT2D eigenvalue weighted by atomic mass is 9.81. The fraction of sp³-hybridized carbons (Fsp3) is 1.00. The van der Waals surface area contributed by atoms with Crippen molar-refractivity contribution in [2.45, 2.75) is 52.9 Å². The lowest BCUT2D eigenvalue weighted by Crippen LogP contribution is -2.22. The first-order valence-electron chi connectivity index (χ1n) is 5.23. The molecule has 0 nitrogen and oxygen atoms in total. The molecule has 0 N–H and O–H groups in total. The average Bonchev–Trinajstić information content (AvgIpc) is 2.51. The lowest BCUT2D eigenvalue weighted by Gasteiger charge is -2.24. The third-order valence-corrected chi connectivity index (χ3v) is 3.47. The Morgan fingerprint density at radius 3 is 1.92 bits per heavy atom. The smallest absolute Gasteiger partial charge is 0.206 e. The summed E-state index contributed by atoms with van der Waals surface area (Å²) < 4.78 is 26.5. The zero-order valence-electron chi connectivity index (χ0n) is 9.03. The van der Waals surface area contributed by atoms with Crippen LogP contribution in [0.5, 0.6) is 0 Å². The topological polar surface area (TPSA) is 0 Å². The van der Waals surface area contributed by atoms with Gasteiger partial charge in [0.15, 0.2) is 0 Å². The Morgan fingerprint density at radius 1 is 1.23 bits per heavy atom. The van der Waals surface area contributed by atoms with Crippen LogP contribution in [0.15, 0.2) is 0 Å². The molecule has 0 amide bonds. The minimum atomic E-state index is -2.38. The monoisotopic (exact) mass is 190 g/mol. The van der Waals surface area contributed by atoms with Crippen LogP contribution in [0.3, 0.4) is 0 Å². The van der Waals surface area contributed by atoms with Crippen molar-refractivity contribution in [3.63, 3.8) is 0 Å². The molecule has 1 aliphatic carbocycles. The second-order valence-electron chi connectivity index (χ2n) is 4.94. The largest absolute Gasteiger partial charge is 0.254 e. The number of rotatable bonds is 4. The number of hydrogen-bond acceptors (Lipinski definition) is 0. The average molecular weight is 190 g/mol. The maximum Gasteiger partial charge on any atom is 0.254 e. The van der Waals surface area contributed by atoms with E-state index in [2.05, 4.69) is 0 Å². The van der Waals surface area contributed by atoms with Crippen molar-refractivity contribution in [2.75, 3.05) is 0 Å². The predicted molar refractivity (Wildman–Crippen MR) is 50.9 cm³/mol. The van der Waals surface area contributed by atoms with Crippen molar-refractivity contribution in [2.24, 2.45) is 17.3 Å². The van der Waals surface area contributed by atoms with Gasteiger partial charge < -0.3 is 0 Å². The quantitative estimate of drug-likeness (QED) is 0.626. The lowest BCUT2D eigenvalue weighted by molar-refractivity contribution is 0.0303. The molecule has 0 aromatic rings. The summed E-state index contributed by atoms with van der Waals surface area (Å²) in [6.07, 6.45) is 1.66. The van der Waals surface area contributed by atoms with Gasteiger partial charge in [0, 0.05) is 11.8 Å². The van der Waals surface area contributed by atoms with E-state index < -0.39 is 11.3 Å². The first-order chi connectivity index (χ1) is 5.85. The molecule has 0 spiro atoms. The van der Waals surface area contributed by atoms with Gasteiger partial charge in [-0.25, -0.2) is 8.78 Å². The van der Waals surface area contributed by atoms with Gasteiger partial charge in [0.05, 0.1) is 0 Å². The highest BCUT2D eigenvalue weighted by atomic mass is 19.3. The molecule has 2 unspecified atom stereocenters. The van der Waals surface area contributed by atoms with Crippen LogP contribution in [-0.4, -0.2) is 5.92 Å². The zero-order chi connectivity index (χ0) is 10.3. The summed E-state index contributed by atoms with van der Waals surface area (Å²) in [5.74, 6) is -1.85. The highest BCUT2D eigenvalue weighted by Gasteiger charge is 2.72. The molecule has 0 heterocycles. The van der Waals surface area contributed by atoms with E-state index >= 15 is 0 Å². The van der Waals surface area contributed by atoms with Gasteiger partial charge in [-0.05, 0) is 18.3 Å². The molecule has 1 aliphatic rings. The maximum atomic E-state index is 13.2. The molecule has 0 saturated heterocycles. The zero-order valence-corrected chi connectivity index (χ0v) is 9.03. The first kappa shape index (κ1) is 10.9. The molecule has 0 bridgehead atoms. The second-order valence-corrected chi connectivity index (χ2v) is 4.94. The van der Waals surface area contributed by atoms with Crippen LogP contribution in [0, 0.1) is 17.3 Å². The molecule has 0 radical (unpaired) electrons. The van der Waals surface area contributed by atoms with Crippen LogP contribution < -0.4 is 0 Å². The molecule has 78 valence electrons. The third-order valence-electron chi connectivity index (χ3n) is 3.47. The Morgan fingerprint density at radius 2 is 1.69 bits per heavy atom.